The minimum Gasteiger partial charge on any atom is -0.395 e. The standard InChI is InChI=1S/C15H16N2O3/c1-10-11(2)15(20)17(14(10)19)13-8-5-7-12(16-13)6-3-4-9-18/h5,7-8,10-11,18H,4,9H2,1-2H3. The molecule has 0 saturated carbocycles. The molecule has 2 unspecified atom stereocenters. The summed E-state index contributed by atoms with van der Waals surface area (Å²) in [6.07, 6.45) is 0.363. The van der Waals surface area contributed by atoms with E-state index < -0.39 is 0 Å². The lowest BCUT2D eigenvalue weighted by Gasteiger charge is -2.13. The van der Waals surface area contributed by atoms with Crippen molar-refractivity contribution < 1.29 is 14.7 Å². The highest BCUT2D eigenvalue weighted by atomic mass is 16.2. The maximum absolute atomic E-state index is 12.1. The number of imide groups is 1. The number of anilines is 1. The Morgan fingerprint density at radius 2 is 1.90 bits per heavy atom. The number of carbonyl (C=O) groups is 2. The number of pyridine rings is 1. The van der Waals surface area contributed by atoms with Crippen LogP contribution in [0.2, 0.25) is 0 Å². The van der Waals surface area contributed by atoms with E-state index in [1.54, 1.807) is 32.0 Å². The van der Waals surface area contributed by atoms with Gasteiger partial charge in [0.2, 0.25) is 11.8 Å². The van der Waals surface area contributed by atoms with E-state index in [9.17, 15) is 9.59 Å². The summed E-state index contributed by atoms with van der Waals surface area (Å²) in [4.78, 5) is 29.5. The second-order valence-corrected chi connectivity index (χ2v) is 4.75. The third-order valence-corrected chi connectivity index (χ3v) is 3.39. The molecule has 1 N–H and O–H groups in total. The van der Waals surface area contributed by atoms with Crippen LogP contribution < -0.4 is 4.90 Å². The fourth-order valence-electron chi connectivity index (χ4n) is 2.00. The van der Waals surface area contributed by atoms with Gasteiger partial charge in [0.25, 0.3) is 0 Å². The third-order valence-electron chi connectivity index (χ3n) is 3.39. The Bertz CT molecular complexity index is 581. The Morgan fingerprint density at radius 3 is 2.50 bits per heavy atom. The minimum absolute atomic E-state index is 0.00911. The Kier molecular flexibility index (Phi) is 4.16. The van der Waals surface area contributed by atoms with Crippen LogP contribution in [0.4, 0.5) is 5.82 Å². The highest BCUT2D eigenvalue weighted by Crippen LogP contribution is 2.29. The quantitative estimate of drug-likeness (QED) is 0.643. The first-order valence-electron chi connectivity index (χ1n) is 6.51. The average Bonchev–Trinajstić information content (AvgIpc) is 2.64. The maximum Gasteiger partial charge on any atom is 0.238 e. The molecule has 2 atom stereocenters. The molecule has 0 spiro atoms. The summed E-state index contributed by atoms with van der Waals surface area (Å²) >= 11 is 0. The van der Waals surface area contributed by atoms with Gasteiger partial charge < -0.3 is 5.11 Å². The summed E-state index contributed by atoms with van der Waals surface area (Å²) in [6.45, 7) is 3.48. The number of aromatic nitrogens is 1. The van der Waals surface area contributed by atoms with Crippen molar-refractivity contribution in [3.63, 3.8) is 0 Å². The average molecular weight is 272 g/mol. The first kappa shape index (κ1) is 14.2. The molecule has 1 saturated heterocycles. The molecule has 2 amide bonds. The molecular formula is C15H16N2O3. The second kappa shape index (κ2) is 5.85. The third kappa shape index (κ3) is 2.56. The van der Waals surface area contributed by atoms with Crippen LogP contribution in [0, 0.1) is 23.7 Å². The van der Waals surface area contributed by atoms with Crippen molar-refractivity contribution in [3.8, 4) is 11.8 Å². The lowest BCUT2D eigenvalue weighted by atomic mass is 10.00. The van der Waals surface area contributed by atoms with Crippen molar-refractivity contribution in [1.82, 2.24) is 4.98 Å². The molecule has 104 valence electrons. The lowest BCUT2D eigenvalue weighted by Crippen LogP contribution is -2.31. The predicted molar refractivity (Wildman–Crippen MR) is 73.6 cm³/mol. The summed E-state index contributed by atoms with van der Waals surface area (Å²) in [6, 6.07) is 5.03. The Hall–Kier alpha value is -2.19. The van der Waals surface area contributed by atoms with Gasteiger partial charge in [-0.2, -0.15) is 0 Å². The molecule has 0 aromatic carbocycles. The molecule has 0 bridgehead atoms. The Balaban J connectivity index is 2.30. The molecule has 5 nitrogen and oxygen atoms in total. The van der Waals surface area contributed by atoms with E-state index in [4.69, 9.17) is 5.11 Å². The van der Waals surface area contributed by atoms with Gasteiger partial charge in [-0.1, -0.05) is 25.8 Å². The molecule has 0 aliphatic carbocycles. The van der Waals surface area contributed by atoms with E-state index in [2.05, 4.69) is 16.8 Å². The lowest BCUT2D eigenvalue weighted by molar-refractivity contribution is -0.122. The van der Waals surface area contributed by atoms with Gasteiger partial charge in [0.05, 0.1) is 6.61 Å². The number of aliphatic hydroxyl groups excluding tert-OH is 1. The van der Waals surface area contributed by atoms with Gasteiger partial charge in [-0.15, -0.1) is 0 Å². The molecule has 1 aliphatic rings. The van der Waals surface area contributed by atoms with Crippen molar-refractivity contribution in [1.29, 1.82) is 0 Å². The molecule has 2 rings (SSSR count). The van der Waals surface area contributed by atoms with E-state index in [0.717, 1.165) is 4.90 Å². The van der Waals surface area contributed by atoms with Gasteiger partial charge >= 0.3 is 0 Å². The first-order valence-corrected chi connectivity index (χ1v) is 6.51. The molecule has 2 heterocycles. The summed E-state index contributed by atoms with van der Waals surface area (Å²) < 4.78 is 0. The zero-order chi connectivity index (χ0) is 14.7. The van der Waals surface area contributed by atoms with Gasteiger partial charge in [0.1, 0.15) is 11.5 Å². The smallest absolute Gasteiger partial charge is 0.238 e. The second-order valence-electron chi connectivity index (χ2n) is 4.75. The Labute approximate surface area is 117 Å². The number of carbonyl (C=O) groups excluding carboxylic acids is 2. The monoisotopic (exact) mass is 272 g/mol. The van der Waals surface area contributed by atoms with E-state index >= 15 is 0 Å². The molecule has 5 heteroatoms. The molecule has 1 aromatic heterocycles. The molecule has 0 radical (unpaired) electrons. The SMILES string of the molecule is CC1C(=O)N(c2cccc(C#CCCO)n2)C(=O)C1C. The summed E-state index contributed by atoms with van der Waals surface area (Å²) in [5, 5.41) is 8.68. The zero-order valence-electron chi connectivity index (χ0n) is 11.5. The minimum atomic E-state index is -0.326. The summed E-state index contributed by atoms with van der Waals surface area (Å²) in [5.41, 5.74) is 0.476. The normalized spacial score (nSPS) is 21.9. The van der Waals surface area contributed by atoms with Gasteiger partial charge in [-0.25, -0.2) is 9.88 Å². The number of hydrogen-bond acceptors (Lipinski definition) is 4. The van der Waals surface area contributed by atoms with Gasteiger partial charge in [-0.05, 0) is 18.1 Å². The van der Waals surface area contributed by atoms with Crippen LogP contribution in [-0.4, -0.2) is 28.5 Å². The number of amides is 2. The predicted octanol–water partition coefficient (Wildman–Crippen LogP) is 0.961. The van der Waals surface area contributed by atoms with Crippen molar-refractivity contribution in [2.75, 3.05) is 11.5 Å². The highest BCUT2D eigenvalue weighted by molar-refractivity contribution is 6.21. The summed E-state index contributed by atoms with van der Waals surface area (Å²) in [7, 11) is 0. The zero-order valence-corrected chi connectivity index (χ0v) is 11.5. The van der Waals surface area contributed by atoms with E-state index in [0.29, 0.717) is 17.9 Å². The topological polar surface area (TPSA) is 70.5 Å². The van der Waals surface area contributed by atoms with Crippen LogP contribution in [0.1, 0.15) is 26.0 Å². The van der Waals surface area contributed by atoms with Crippen molar-refractivity contribution in [2.45, 2.75) is 20.3 Å². The maximum atomic E-state index is 12.1. The fourth-order valence-corrected chi connectivity index (χ4v) is 2.00. The number of aliphatic hydroxyl groups is 1. The van der Waals surface area contributed by atoms with Gasteiger partial charge in [0.15, 0.2) is 0 Å². The van der Waals surface area contributed by atoms with Crippen molar-refractivity contribution >= 4 is 17.6 Å². The highest BCUT2D eigenvalue weighted by Gasteiger charge is 2.43. The number of rotatable bonds is 2. The van der Waals surface area contributed by atoms with Crippen LogP contribution >= 0.6 is 0 Å². The van der Waals surface area contributed by atoms with Gasteiger partial charge in [-0.3, -0.25) is 9.59 Å². The summed E-state index contributed by atoms with van der Waals surface area (Å²) in [5.74, 6) is 4.76. The molecular weight excluding hydrogens is 256 g/mol. The first-order chi connectivity index (χ1) is 9.56. The van der Waals surface area contributed by atoms with Crippen LogP contribution in [-0.2, 0) is 9.59 Å². The van der Waals surface area contributed by atoms with Crippen LogP contribution in [0.15, 0.2) is 18.2 Å². The molecule has 1 fully saturated rings. The van der Waals surface area contributed by atoms with E-state index in [-0.39, 0.29) is 30.3 Å². The van der Waals surface area contributed by atoms with Crippen LogP contribution in [0.3, 0.4) is 0 Å². The van der Waals surface area contributed by atoms with E-state index in [1.807, 2.05) is 0 Å². The molecule has 1 aromatic rings. The number of hydrogen-bond donors (Lipinski definition) is 1. The van der Waals surface area contributed by atoms with Gasteiger partial charge in [0, 0.05) is 18.3 Å². The van der Waals surface area contributed by atoms with Crippen molar-refractivity contribution in [2.24, 2.45) is 11.8 Å². The Morgan fingerprint density at radius 1 is 1.25 bits per heavy atom. The largest absolute Gasteiger partial charge is 0.395 e. The fraction of sp³-hybridized carbons (Fsp3) is 0.400. The van der Waals surface area contributed by atoms with Crippen LogP contribution in [0.5, 0.6) is 0 Å². The van der Waals surface area contributed by atoms with Crippen LogP contribution in [0.25, 0.3) is 0 Å². The van der Waals surface area contributed by atoms with E-state index in [1.165, 1.54) is 0 Å². The molecule has 20 heavy (non-hydrogen) atoms. The number of nitrogens with zero attached hydrogens (tertiary/aromatic N) is 2. The molecule has 1 aliphatic heterocycles. The van der Waals surface area contributed by atoms with Crippen molar-refractivity contribution in [3.05, 3.63) is 23.9 Å².